The third-order valence-electron chi connectivity index (χ3n) is 4.32. The lowest BCUT2D eigenvalue weighted by molar-refractivity contribution is -0.126. The molecule has 1 atom stereocenters. The Kier molecular flexibility index (Phi) is 6.36. The van der Waals surface area contributed by atoms with E-state index < -0.39 is 0 Å². The van der Waals surface area contributed by atoms with E-state index in [0.29, 0.717) is 29.8 Å². The Morgan fingerprint density at radius 3 is 2.78 bits per heavy atom. The second kappa shape index (κ2) is 8.92. The van der Waals surface area contributed by atoms with Crippen molar-refractivity contribution in [2.45, 2.75) is 19.4 Å². The number of aromatic nitrogens is 2. The number of nitrogens with one attached hydrogen (secondary N) is 1. The molecular formula is C18H22N4O4S. The Hall–Kier alpha value is -2.52. The zero-order chi connectivity index (χ0) is 19.2. The van der Waals surface area contributed by atoms with Crippen molar-refractivity contribution in [2.24, 2.45) is 5.92 Å². The van der Waals surface area contributed by atoms with Gasteiger partial charge in [0.15, 0.2) is 0 Å². The van der Waals surface area contributed by atoms with Crippen molar-refractivity contribution < 1.29 is 19.1 Å². The maximum absolute atomic E-state index is 12.4. The van der Waals surface area contributed by atoms with E-state index in [1.54, 1.807) is 14.2 Å². The molecule has 1 aromatic heterocycles. The van der Waals surface area contributed by atoms with Gasteiger partial charge in [-0.3, -0.25) is 14.5 Å². The minimum absolute atomic E-state index is 0.106. The summed E-state index contributed by atoms with van der Waals surface area (Å²) in [7, 11) is 3.20. The highest BCUT2D eigenvalue weighted by Gasteiger charge is 2.36. The Bertz CT molecular complexity index is 793. The molecule has 1 saturated heterocycles. The number of hydrogen-bond donors (Lipinski definition) is 1. The Labute approximate surface area is 161 Å². The van der Waals surface area contributed by atoms with E-state index in [9.17, 15) is 9.59 Å². The zero-order valence-electron chi connectivity index (χ0n) is 15.3. The van der Waals surface area contributed by atoms with Crippen LogP contribution >= 0.6 is 11.3 Å². The molecule has 0 spiro atoms. The average molecular weight is 390 g/mol. The molecule has 0 bridgehead atoms. The lowest BCUT2D eigenvalue weighted by Crippen LogP contribution is -2.34. The molecule has 1 aliphatic rings. The van der Waals surface area contributed by atoms with Gasteiger partial charge in [0.05, 0.1) is 13.0 Å². The third-order valence-corrected chi connectivity index (χ3v) is 5.24. The fourth-order valence-electron chi connectivity index (χ4n) is 2.87. The summed E-state index contributed by atoms with van der Waals surface area (Å²) in [5.74, 6) is 0.215. The van der Waals surface area contributed by atoms with Crippen molar-refractivity contribution in [1.82, 2.24) is 15.5 Å². The normalized spacial score (nSPS) is 16.6. The van der Waals surface area contributed by atoms with Crippen LogP contribution in [0.3, 0.4) is 0 Å². The monoisotopic (exact) mass is 390 g/mol. The van der Waals surface area contributed by atoms with Gasteiger partial charge in [-0.05, 0) is 24.1 Å². The van der Waals surface area contributed by atoms with Crippen LogP contribution in [-0.2, 0) is 27.4 Å². The van der Waals surface area contributed by atoms with E-state index in [2.05, 4.69) is 15.5 Å². The maximum Gasteiger partial charge on any atom is 0.229 e. The Morgan fingerprint density at radius 2 is 2.07 bits per heavy atom. The van der Waals surface area contributed by atoms with Crippen molar-refractivity contribution in [3.8, 4) is 5.75 Å². The Balaban J connectivity index is 1.49. The van der Waals surface area contributed by atoms with E-state index in [0.717, 1.165) is 17.7 Å². The average Bonchev–Trinajstić information content (AvgIpc) is 3.29. The standard InChI is InChI=1S/C18H22N4O4S/c1-25-11-15-20-21-18(27-15)22-10-13(9-16(22)23)17(24)19-8-7-12-3-5-14(26-2)6-4-12/h3-6,13H,7-11H2,1-2H3,(H,19,24). The highest BCUT2D eigenvalue weighted by Crippen LogP contribution is 2.28. The molecule has 9 heteroatoms. The molecule has 1 aromatic carbocycles. The lowest BCUT2D eigenvalue weighted by Gasteiger charge is -2.12. The van der Waals surface area contributed by atoms with Crippen LogP contribution in [0.15, 0.2) is 24.3 Å². The van der Waals surface area contributed by atoms with Gasteiger partial charge in [-0.15, -0.1) is 10.2 Å². The van der Waals surface area contributed by atoms with Crippen LogP contribution in [0.4, 0.5) is 5.13 Å². The van der Waals surface area contributed by atoms with Gasteiger partial charge in [-0.2, -0.15) is 0 Å². The minimum Gasteiger partial charge on any atom is -0.497 e. The van der Waals surface area contributed by atoms with E-state index in [4.69, 9.17) is 9.47 Å². The smallest absolute Gasteiger partial charge is 0.229 e. The van der Waals surface area contributed by atoms with Crippen LogP contribution in [0.1, 0.15) is 17.0 Å². The largest absolute Gasteiger partial charge is 0.497 e. The van der Waals surface area contributed by atoms with Gasteiger partial charge < -0.3 is 14.8 Å². The van der Waals surface area contributed by atoms with Gasteiger partial charge in [0, 0.05) is 26.6 Å². The summed E-state index contributed by atoms with van der Waals surface area (Å²) in [6.07, 6.45) is 0.907. The molecule has 3 rings (SSSR count). The van der Waals surface area contributed by atoms with Crippen LogP contribution in [0.2, 0.25) is 0 Å². The fourth-order valence-corrected chi connectivity index (χ4v) is 3.71. The quantitative estimate of drug-likeness (QED) is 0.732. The number of amides is 2. The van der Waals surface area contributed by atoms with E-state index in [-0.39, 0.29) is 24.2 Å². The van der Waals surface area contributed by atoms with Crippen molar-refractivity contribution >= 4 is 28.3 Å². The van der Waals surface area contributed by atoms with Crippen molar-refractivity contribution in [3.63, 3.8) is 0 Å². The molecular weight excluding hydrogens is 368 g/mol. The zero-order valence-corrected chi connectivity index (χ0v) is 16.1. The van der Waals surface area contributed by atoms with Crippen molar-refractivity contribution in [2.75, 3.05) is 32.2 Å². The Morgan fingerprint density at radius 1 is 1.30 bits per heavy atom. The number of benzene rings is 1. The summed E-state index contributed by atoms with van der Waals surface area (Å²) in [4.78, 5) is 26.2. The summed E-state index contributed by atoms with van der Waals surface area (Å²) in [5, 5.41) is 12.2. The summed E-state index contributed by atoms with van der Waals surface area (Å²) >= 11 is 1.31. The number of rotatable bonds is 8. The van der Waals surface area contributed by atoms with Crippen LogP contribution in [0, 0.1) is 5.92 Å². The van der Waals surface area contributed by atoms with Crippen LogP contribution in [0.5, 0.6) is 5.75 Å². The van der Waals surface area contributed by atoms with Gasteiger partial charge in [-0.25, -0.2) is 0 Å². The van der Waals surface area contributed by atoms with Crippen LogP contribution < -0.4 is 15.0 Å². The summed E-state index contributed by atoms with van der Waals surface area (Å²) in [5.41, 5.74) is 1.11. The number of carbonyl (C=O) groups excluding carboxylic acids is 2. The first-order valence-electron chi connectivity index (χ1n) is 8.63. The molecule has 27 heavy (non-hydrogen) atoms. The molecule has 1 fully saturated rings. The number of carbonyl (C=O) groups is 2. The highest BCUT2D eigenvalue weighted by atomic mass is 32.1. The maximum atomic E-state index is 12.4. The number of ether oxygens (including phenoxy) is 2. The second-order valence-corrected chi connectivity index (χ2v) is 7.25. The van der Waals surface area contributed by atoms with Crippen LogP contribution in [0.25, 0.3) is 0 Å². The number of anilines is 1. The molecule has 1 N–H and O–H groups in total. The predicted octanol–water partition coefficient (Wildman–Crippen LogP) is 1.40. The number of methoxy groups -OCH3 is 2. The second-order valence-electron chi connectivity index (χ2n) is 6.21. The molecule has 144 valence electrons. The molecule has 0 aliphatic carbocycles. The van der Waals surface area contributed by atoms with Gasteiger partial charge in [0.25, 0.3) is 0 Å². The highest BCUT2D eigenvalue weighted by molar-refractivity contribution is 7.15. The van der Waals surface area contributed by atoms with Gasteiger partial charge in [0.2, 0.25) is 16.9 Å². The van der Waals surface area contributed by atoms with Gasteiger partial charge in [-0.1, -0.05) is 23.5 Å². The molecule has 2 heterocycles. The molecule has 0 saturated carbocycles. The molecule has 2 aromatic rings. The first kappa shape index (κ1) is 19.2. The molecule has 8 nitrogen and oxygen atoms in total. The van der Waals surface area contributed by atoms with E-state index >= 15 is 0 Å². The minimum atomic E-state index is -0.372. The van der Waals surface area contributed by atoms with Crippen LogP contribution in [-0.4, -0.2) is 49.3 Å². The third kappa shape index (κ3) is 4.81. The lowest BCUT2D eigenvalue weighted by atomic mass is 10.1. The van der Waals surface area contributed by atoms with E-state index in [1.165, 1.54) is 16.2 Å². The summed E-state index contributed by atoms with van der Waals surface area (Å²) in [6, 6.07) is 7.73. The molecule has 0 radical (unpaired) electrons. The molecule has 1 aliphatic heterocycles. The topological polar surface area (TPSA) is 93.7 Å². The number of nitrogens with zero attached hydrogens (tertiary/aromatic N) is 3. The van der Waals surface area contributed by atoms with Gasteiger partial charge >= 0.3 is 0 Å². The predicted molar refractivity (Wildman–Crippen MR) is 101 cm³/mol. The summed E-state index contributed by atoms with van der Waals surface area (Å²) in [6.45, 7) is 1.20. The molecule has 2 amide bonds. The SMILES string of the molecule is COCc1nnc(N2CC(C(=O)NCCc3ccc(OC)cc3)CC2=O)s1. The van der Waals surface area contributed by atoms with Crippen molar-refractivity contribution in [3.05, 3.63) is 34.8 Å². The van der Waals surface area contributed by atoms with Crippen molar-refractivity contribution in [1.29, 1.82) is 0 Å². The number of hydrogen-bond acceptors (Lipinski definition) is 7. The first-order valence-corrected chi connectivity index (χ1v) is 9.44. The first-order chi connectivity index (χ1) is 13.1. The molecule has 1 unspecified atom stereocenters. The fraction of sp³-hybridized carbons (Fsp3) is 0.444. The van der Waals surface area contributed by atoms with E-state index in [1.807, 2.05) is 24.3 Å². The van der Waals surface area contributed by atoms with Gasteiger partial charge in [0.1, 0.15) is 17.4 Å². The summed E-state index contributed by atoms with van der Waals surface area (Å²) < 4.78 is 10.1.